The zero-order chi connectivity index (χ0) is 15.1. The molecule has 0 amide bonds. The average Bonchev–Trinajstić information content (AvgIpc) is 3.01. The van der Waals surface area contributed by atoms with Crippen LogP contribution in [0.5, 0.6) is 0 Å². The number of nitrogens with zero attached hydrogens (tertiary/aromatic N) is 5. The van der Waals surface area contributed by atoms with E-state index in [1.54, 1.807) is 30.3 Å². The van der Waals surface area contributed by atoms with Crippen LogP contribution in [-0.4, -0.2) is 44.5 Å². The minimum Gasteiger partial charge on any atom is -0.383 e. The van der Waals surface area contributed by atoms with Gasteiger partial charge in [-0.1, -0.05) is 13.3 Å². The van der Waals surface area contributed by atoms with Crippen molar-refractivity contribution in [2.24, 2.45) is 5.84 Å². The van der Waals surface area contributed by atoms with Crippen molar-refractivity contribution in [3.05, 3.63) is 18.5 Å². The number of anilines is 2. The number of hydrogen-bond donors (Lipinski definition) is 3. The number of ether oxygens (including phenoxy) is 1. The van der Waals surface area contributed by atoms with E-state index in [0.717, 1.165) is 12.8 Å². The van der Waals surface area contributed by atoms with Crippen molar-refractivity contribution in [3.8, 4) is 5.95 Å². The molecular formula is C12H20N8O. The Morgan fingerprint density at radius 2 is 2.14 bits per heavy atom. The van der Waals surface area contributed by atoms with Crippen molar-refractivity contribution >= 4 is 11.9 Å². The molecule has 0 fully saturated rings. The van der Waals surface area contributed by atoms with Gasteiger partial charge in [0.05, 0.1) is 12.6 Å². The van der Waals surface area contributed by atoms with Gasteiger partial charge < -0.3 is 10.1 Å². The Morgan fingerprint density at radius 3 is 2.76 bits per heavy atom. The highest BCUT2D eigenvalue weighted by atomic mass is 16.5. The molecule has 1 unspecified atom stereocenters. The van der Waals surface area contributed by atoms with Gasteiger partial charge in [-0.15, -0.1) is 0 Å². The lowest BCUT2D eigenvalue weighted by Crippen LogP contribution is -2.27. The Bertz CT molecular complexity index is 538. The maximum Gasteiger partial charge on any atom is 0.257 e. The number of nitrogen functional groups attached to an aromatic ring is 1. The molecule has 21 heavy (non-hydrogen) atoms. The molecule has 0 radical (unpaired) electrons. The van der Waals surface area contributed by atoms with Crippen molar-refractivity contribution in [2.75, 3.05) is 24.5 Å². The van der Waals surface area contributed by atoms with Crippen molar-refractivity contribution in [3.63, 3.8) is 0 Å². The van der Waals surface area contributed by atoms with Crippen molar-refractivity contribution in [1.29, 1.82) is 0 Å². The lowest BCUT2D eigenvalue weighted by atomic mass is 10.2. The SMILES string of the molecule is CCCC(COC)Nc1nc(NN)nc(-n2cccn2)n1. The molecule has 2 heterocycles. The summed E-state index contributed by atoms with van der Waals surface area (Å²) < 4.78 is 6.74. The van der Waals surface area contributed by atoms with Gasteiger partial charge in [0.25, 0.3) is 5.95 Å². The Balaban J connectivity index is 2.23. The Morgan fingerprint density at radius 1 is 1.33 bits per heavy atom. The second-order valence-corrected chi connectivity index (χ2v) is 4.46. The van der Waals surface area contributed by atoms with Gasteiger partial charge in [-0.05, 0) is 12.5 Å². The van der Waals surface area contributed by atoms with Crippen LogP contribution in [0.3, 0.4) is 0 Å². The quantitative estimate of drug-likeness (QED) is 0.477. The van der Waals surface area contributed by atoms with E-state index in [2.05, 4.69) is 37.7 Å². The largest absolute Gasteiger partial charge is 0.383 e. The van der Waals surface area contributed by atoms with Crippen LogP contribution in [-0.2, 0) is 4.74 Å². The summed E-state index contributed by atoms with van der Waals surface area (Å²) in [5, 5.41) is 7.33. The van der Waals surface area contributed by atoms with E-state index in [-0.39, 0.29) is 12.0 Å². The molecule has 0 saturated carbocycles. The molecule has 1 atom stereocenters. The predicted octanol–water partition coefficient (Wildman–Crippen LogP) is 0.570. The first-order valence-corrected chi connectivity index (χ1v) is 6.75. The monoisotopic (exact) mass is 292 g/mol. The lowest BCUT2D eigenvalue weighted by Gasteiger charge is -2.17. The summed E-state index contributed by atoms with van der Waals surface area (Å²) in [5.74, 6) is 6.49. The Kier molecular flexibility index (Phi) is 5.41. The van der Waals surface area contributed by atoms with Gasteiger partial charge in [-0.2, -0.15) is 20.1 Å². The summed E-state index contributed by atoms with van der Waals surface area (Å²) in [6.45, 7) is 2.68. The number of rotatable bonds is 8. The Labute approximate surface area is 122 Å². The first kappa shape index (κ1) is 15.1. The number of hydrazine groups is 1. The standard InChI is InChI=1S/C12H20N8O/c1-3-5-9(8-21-2)15-10-16-11(19-13)18-12(17-10)20-7-4-6-14-20/h4,6-7,9H,3,5,8,13H2,1-2H3,(H2,15,16,17,18,19). The highest BCUT2D eigenvalue weighted by Gasteiger charge is 2.12. The minimum atomic E-state index is 0.124. The zero-order valence-corrected chi connectivity index (χ0v) is 12.2. The number of methoxy groups -OCH3 is 1. The van der Waals surface area contributed by atoms with Gasteiger partial charge in [0, 0.05) is 19.5 Å². The van der Waals surface area contributed by atoms with E-state index >= 15 is 0 Å². The molecule has 9 heteroatoms. The van der Waals surface area contributed by atoms with E-state index in [1.807, 2.05) is 0 Å². The van der Waals surface area contributed by atoms with Crippen molar-refractivity contribution in [2.45, 2.75) is 25.8 Å². The zero-order valence-electron chi connectivity index (χ0n) is 12.2. The van der Waals surface area contributed by atoms with Crippen molar-refractivity contribution in [1.82, 2.24) is 24.7 Å². The fourth-order valence-corrected chi connectivity index (χ4v) is 1.91. The summed E-state index contributed by atoms with van der Waals surface area (Å²) >= 11 is 0. The van der Waals surface area contributed by atoms with Gasteiger partial charge in [-0.3, -0.25) is 5.43 Å². The molecule has 0 spiro atoms. The van der Waals surface area contributed by atoms with E-state index < -0.39 is 0 Å². The maximum atomic E-state index is 5.40. The number of hydrogen-bond acceptors (Lipinski definition) is 8. The second-order valence-electron chi connectivity index (χ2n) is 4.46. The molecule has 0 saturated heterocycles. The minimum absolute atomic E-state index is 0.124. The molecule has 2 rings (SSSR count). The number of aromatic nitrogens is 5. The fraction of sp³-hybridized carbons (Fsp3) is 0.500. The lowest BCUT2D eigenvalue weighted by molar-refractivity contribution is 0.182. The average molecular weight is 292 g/mol. The molecule has 2 aromatic heterocycles. The summed E-state index contributed by atoms with van der Waals surface area (Å²) in [6, 6.07) is 1.91. The molecule has 9 nitrogen and oxygen atoms in total. The van der Waals surface area contributed by atoms with Crippen LogP contribution >= 0.6 is 0 Å². The first-order chi connectivity index (χ1) is 10.3. The molecule has 0 aromatic carbocycles. The summed E-state index contributed by atoms with van der Waals surface area (Å²) in [5.41, 5.74) is 2.43. The van der Waals surface area contributed by atoms with Gasteiger partial charge in [0.15, 0.2) is 0 Å². The third-order valence-electron chi connectivity index (χ3n) is 2.80. The normalized spacial score (nSPS) is 12.1. The smallest absolute Gasteiger partial charge is 0.257 e. The molecule has 4 N–H and O–H groups in total. The van der Waals surface area contributed by atoms with Crippen LogP contribution in [0.2, 0.25) is 0 Å². The van der Waals surface area contributed by atoms with Crippen LogP contribution < -0.4 is 16.6 Å². The fourth-order valence-electron chi connectivity index (χ4n) is 1.91. The van der Waals surface area contributed by atoms with E-state index in [1.165, 1.54) is 0 Å². The molecular weight excluding hydrogens is 272 g/mol. The summed E-state index contributed by atoms with van der Waals surface area (Å²) in [4.78, 5) is 12.7. The highest BCUT2D eigenvalue weighted by molar-refractivity contribution is 5.37. The van der Waals surface area contributed by atoms with Crippen LogP contribution in [0, 0.1) is 0 Å². The second kappa shape index (κ2) is 7.50. The molecule has 0 aliphatic rings. The van der Waals surface area contributed by atoms with Crippen LogP contribution in [0.25, 0.3) is 5.95 Å². The number of nitrogens with two attached hydrogens (primary N) is 1. The van der Waals surface area contributed by atoms with E-state index in [4.69, 9.17) is 10.6 Å². The van der Waals surface area contributed by atoms with Crippen molar-refractivity contribution < 1.29 is 4.74 Å². The van der Waals surface area contributed by atoms with Gasteiger partial charge in [-0.25, -0.2) is 10.5 Å². The summed E-state index contributed by atoms with van der Waals surface area (Å²) in [6.07, 6.45) is 5.37. The topological polar surface area (TPSA) is 116 Å². The van der Waals surface area contributed by atoms with Crippen LogP contribution in [0.4, 0.5) is 11.9 Å². The Hall–Kier alpha value is -2.26. The van der Waals surface area contributed by atoms with Gasteiger partial charge in [0.1, 0.15) is 0 Å². The third-order valence-corrected chi connectivity index (χ3v) is 2.80. The molecule has 0 bridgehead atoms. The van der Waals surface area contributed by atoms with Crippen LogP contribution in [0.15, 0.2) is 18.5 Å². The molecule has 114 valence electrons. The van der Waals surface area contributed by atoms with Gasteiger partial charge in [0.2, 0.25) is 11.9 Å². The summed E-state index contributed by atoms with van der Waals surface area (Å²) in [7, 11) is 1.67. The van der Waals surface area contributed by atoms with Gasteiger partial charge >= 0.3 is 0 Å². The molecule has 2 aromatic rings. The highest BCUT2D eigenvalue weighted by Crippen LogP contribution is 2.11. The molecule has 0 aliphatic carbocycles. The molecule has 0 aliphatic heterocycles. The van der Waals surface area contributed by atoms with E-state index in [0.29, 0.717) is 18.5 Å². The first-order valence-electron chi connectivity index (χ1n) is 6.75. The predicted molar refractivity (Wildman–Crippen MR) is 79.0 cm³/mol. The third kappa shape index (κ3) is 4.10. The van der Waals surface area contributed by atoms with Crippen LogP contribution in [0.1, 0.15) is 19.8 Å². The number of nitrogens with one attached hydrogen (secondary N) is 2. The van der Waals surface area contributed by atoms with E-state index in [9.17, 15) is 0 Å². The maximum absolute atomic E-state index is 5.40.